The average Bonchev–Trinajstić information content (AvgIpc) is 3.19. The van der Waals surface area contributed by atoms with E-state index in [9.17, 15) is 18.4 Å². The number of carbonyl (C=O) groups is 1. The molecule has 0 aliphatic heterocycles. The summed E-state index contributed by atoms with van der Waals surface area (Å²) in [5, 5.41) is 9.03. The number of nitrogens with zero attached hydrogens (tertiary/aromatic N) is 1. The lowest BCUT2D eigenvalue weighted by atomic mass is 10.1. The fourth-order valence-electron chi connectivity index (χ4n) is 2.45. The molecular weight excluding hydrogens is 268 g/mol. The van der Waals surface area contributed by atoms with Crippen LogP contribution < -0.4 is 5.43 Å². The van der Waals surface area contributed by atoms with Gasteiger partial charge < -0.3 is 9.67 Å². The number of hydrogen-bond donors (Lipinski definition) is 1. The topological polar surface area (TPSA) is 59.3 Å². The van der Waals surface area contributed by atoms with E-state index in [-0.39, 0.29) is 22.5 Å². The number of fused-ring (bicyclic) bond motifs is 1. The lowest BCUT2D eigenvalue weighted by Crippen LogP contribution is -2.20. The molecule has 1 aromatic heterocycles. The quantitative estimate of drug-likeness (QED) is 0.919. The number of carboxylic acid groups (broad SMARTS) is 1. The zero-order valence-electron chi connectivity index (χ0n) is 10.6. The highest BCUT2D eigenvalue weighted by atomic mass is 19.2. The van der Waals surface area contributed by atoms with Gasteiger partial charge in [-0.05, 0) is 31.4 Å². The average molecular weight is 279 g/mol. The zero-order valence-corrected chi connectivity index (χ0v) is 10.6. The van der Waals surface area contributed by atoms with Crippen molar-refractivity contribution in [2.75, 3.05) is 0 Å². The van der Waals surface area contributed by atoms with Crippen molar-refractivity contribution >= 4 is 16.9 Å². The Labute approximate surface area is 112 Å². The van der Waals surface area contributed by atoms with Crippen LogP contribution in [-0.4, -0.2) is 15.6 Å². The summed E-state index contributed by atoms with van der Waals surface area (Å²) in [6.45, 7) is 1.47. The highest BCUT2D eigenvalue weighted by Gasteiger charge is 2.29. The van der Waals surface area contributed by atoms with Crippen molar-refractivity contribution in [2.24, 2.45) is 0 Å². The number of aryl methyl sites for hydroxylation is 1. The van der Waals surface area contributed by atoms with E-state index in [0.717, 1.165) is 25.1 Å². The van der Waals surface area contributed by atoms with Crippen molar-refractivity contribution in [2.45, 2.75) is 25.8 Å². The molecule has 0 spiro atoms. The van der Waals surface area contributed by atoms with Gasteiger partial charge in [-0.15, -0.1) is 0 Å². The van der Waals surface area contributed by atoms with Crippen LogP contribution in [-0.2, 0) is 0 Å². The molecule has 1 aliphatic carbocycles. The van der Waals surface area contributed by atoms with Gasteiger partial charge in [0.1, 0.15) is 5.56 Å². The third kappa shape index (κ3) is 1.71. The fourth-order valence-corrected chi connectivity index (χ4v) is 2.45. The van der Waals surface area contributed by atoms with Crippen molar-refractivity contribution in [1.29, 1.82) is 0 Å². The monoisotopic (exact) mass is 279 g/mol. The Morgan fingerprint density at radius 3 is 2.60 bits per heavy atom. The summed E-state index contributed by atoms with van der Waals surface area (Å²) in [6.07, 6.45) is 2.63. The maximum Gasteiger partial charge on any atom is 0.341 e. The Balaban J connectivity index is 2.55. The van der Waals surface area contributed by atoms with Crippen LogP contribution in [0.3, 0.4) is 0 Å². The molecule has 0 unspecified atom stereocenters. The SMILES string of the molecule is Cc1cc(F)c(F)c2c1c(=O)c(C(=O)O)cn2C1CC1. The van der Waals surface area contributed by atoms with Gasteiger partial charge in [-0.1, -0.05) is 0 Å². The van der Waals surface area contributed by atoms with Crippen molar-refractivity contribution in [3.63, 3.8) is 0 Å². The summed E-state index contributed by atoms with van der Waals surface area (Å²) in [7, 11) is 0. The zero-order chi connectivity index (χ0) is 14.6. The van der Waals surface area contributed by atoms with Crippen molar-refractivity contribution in [1.82, 2.24) is 4.57 Å². The van der Waals surface area contributed by atoms with E-state index >= 15 is 0 Å². The second kappa shape index (κ2) is 4.13. The molecule has 0 atom stereocenters. The molecule has 1 aromatic carbocycles. The standard InChI is InChI=1S/C14H11F2NO3/c1-6-4-9(15)11(16)12-10(6)13(18)8(14(19)20)5-17(12)7-2-3-7/h4-5,7H,2-3H2,1H3,(H,19,20). The van der Waals surface area contributed by atoms with E-state index in [0.29, 0.717) is 0 Å². The van der Waals surface area contributed by atoms with Crippen LogP contribution >= 0.6 is 0 Å². The number of halogens is 2. The first-order valence-corrected chi connectivity index (χ1v) is 6.18. The van der Waals surface area contributed by atoms with Gasteiger partial charge in [-0.3, -0.25) is 4.79 Å². The highest BCUT2D eigenvalue weighted by molar-refractivity contribution is 5.94. The molecule has 3 rings (SSSR count). The van der Waals surface area contributed by atoms with Crippen LogP contribution in [0, 0.1) is 18.6 Å². The molecule has 1 saturated carbocycles. The van der Waals surface area contributed by atoms with Gasteiger partial charge in [0.15, 0.2) is 11.6 Å². The summed E-state index contributed by atoms with van der Waals surface area (Å²) in [5.74, 6) is -3.51. The minimum Gasteiger partial charge on any atom is -0.477 e. The third-order valence-electron chi connectivity index (χ3n) is 3.56. The number of pyridine rings is 1. The summed E-state index contributed by atoms with van der Waals surface area (Å²) in [5.41, 5.74) is -1.10. The number of carboxylic acids is 1. The van der Waals surface area contributed by atoms with Gasteiger partial charge in [-0.25, -0.2) is 13.6 Å². The highest BCUT2D eigenvalue weighted by Crippen LogP contribution is 2.38. The summed E-state index contributed by atoms with van der Waals surface area (Å²) in [6, 6.07) is 0.842. The molecule has 4 nitrogen and oxygen atoms in total. The Kier molecular flexibility index (Phi) is 2.64. The van der Waals surface area contributed by atoms with Crippen LogP contribution in [0.15, 0.2) is 17.1 Å². The summed E-state index contributed by atoms with van der Waals surface area (Å²) in [4.78, 5) is 23.3. The minimum atomic E-state index is -1.37. The minimum absolute atomic E-state index is 0.0595. The van der Waals surface area contributed by atoms with Crippen LogP contribution in [0.2, 0.25) is 0 Å². The summed E-state index contributed by atoms with van der Waals surface area (Å²) >= 11 is 0. The van der Waals surface area contributed by atoms with E-state index in [1.54, 1.807) is 0 Å². The maximum atomic E-state index is 14.1. The van der Waals surface area contributed by atoms with Gasteiger partial charge in [0, 0.05) is 12.2 Å². The van der Waals surface area contributed by atoms with Crippen LogP contribution in [0.5, 0.6) is 0 Å². The molecule has 104 valence electrons. The molecule has 0 radical (unpaired) electrons. The normalized spacial score (nSPS) is 14.8. The van der Waals surface area contributed by atoms with Crippen LogP contribution in [0.4, 0.5) is 8.78 Å². The Morgan fingerprint density at radius 1 is 1.40 bits per heavy atom. The Morgan fingerprint density at radius 2 is 2.05 bits per heavy atom. The first-order chi connectivity index (χ1) is 9.41. The molecule has 1 N–H and O–H groups in total. The predicted octanol–water partition coefficient (Wildman–Crippen LogP) is 2.62. The molecule has 0 saturated heterocycles. The first kappa shape index (κ1) is 12.8. The van der Waals surface area contributed by atoms with Crippen LogP contribution in [0.1, 0.15) is 34.8 Å². The van der Waals surface area contributed by atoms with Gasteiger partial charge in [0.2, 0.25) is 5.43 Å². The number of benzene rings is 1. The molecule has 1 heterocycles. The molecule has 0 bridgehead atoms. The van der Waals surface area contributed by atoms with E-state index in [4.69, 9.17) is 5.11 Å². The molecule has 1 fully saturated rings. The van der Waals surface area contributed by atoms with Gasteiger partial charge >= 0.3 is 5.97 Å². The molecule has 6 heteroatoms. The molecular formula is C14H11F2NO3. The first-order valence-electron chi connectivity index (χ1n) is 6.18. The van der Waals surface area contributed by atoms with Gasteiger partial charge in [0.25, 0.3) is 0 Å². The lowest BCUT2D eigenvalue weighted by Gasteiger charge is -2.14. The summed E-state index contributed by atoms with van der Waals surface area (Å²) < 4.78 is 29.0. The van der Waals surface area contributed by atoms with E-state index < -0.39 is 28.6 Å². The van der Waals surface area contributed by atoms with E-state index in [1.807, 2.05) is 0 Å². The number of hydrogen-bond acceptors (Lipinski definition) is 2. The lowest BCUT2D eigenvalue weighted by molar-refractivity contribution is 0.0695. The van der Waals surface area contributed by atoms with Crippen molar-refractivity contribution < 1.29 is 18.7 Å². The Bertz CT molecular complexity index is 806. The van der Waals surface area contributed by atoms with E-state index in [2.05, 4.69) is 0 Å². The Hall–Kier alpha value is -2.24. The second-order valence-corrected chi connectivity index (χ2v) is 5.03. The predicted molar refractivity (Wildman–Crippen MR) is 68.1 cm³/mol. The number of rotatable bonds is 2. The van der Waals surface area contributed by atoms with Crippen molar-refractivity contribution in [3.8, 4) is 0 Å². The fraction of sp³-hybridized carbons (Fsp3) is 0.286. The molecule has 20 heavy (non-hydrogen) atoms. The van der Waals surface area contributed by atoms with E-state index in [1.165, 1.54) is 11.5 Å². The molecule has 2 aromatic rings. The molecule has 0 amide bonds. The smallest absolute Gasteiger partial charge is 0.341 e. The van der Waals surface area contributed by atoms with Crippen molar-refractivity contribution in [3.05, 3.63) is 45.2 Å². The van der Waals surface area contributed by atoms with Gasteiger partial charge in [-0.2, -0.15) is 0 Å². The third-order valence-corrected chi connectivity index (χ3v) is 3.56. The number of aromatic carboxylic acids is 1. The maximum absolute atomic E-state index is 14.1. The molecule has 1 aliphatic rings. The second-order valence-electron chi connectivity index (χ2n) is 5.03. The van der Waals surface area contributed by atoms with Gasteiger partial charge in [0.05, 0.1) is 10.9 Å². The largest absolute Gasteiger partial charge is 0.477 e. The number of aromatic nitrogens is 1. The van der Waals surface area contributed by atoms with Crippen LogP contribution in [0.25, 0.3) is 10.9 Å².